The van der Waals surface area contributed by atoms with Gasteiger partial charge in [-0.1, -0.05) is 17.7 Å². The minimum atomic E-state index is -0.335. The number of ether oxygens (including phenoxy) is 1. The van der Waals surface area contributed by atoms with Crippen LogP contribution in [0.15, 0.2) is 12.1 Å². The molecule has 0 aliphatic carbocycles. The molecule has 1 saturated heterocycles. The van der Waals surface area contributed by atoms with Crippen LogP contribution in [0.1, 0.15) is 24.0 Å². The van der Waals surface area contributed by atoms with Crippen LogP contribution >= 0.6 is 11.6 Å². The predicted octanol–water partition coefficient (Wildman–Crippen LogP) is 3.13. The molecule has 21 heavy (non-hydrogen) atoms. The summed E-state index contributed by atoms with van der Waals surface area (Å²) in [6, 6.07) is 3.78. The number of nitrogens with zero attached hydrogens (tertiary/aromatic N) is 1. The molecule has 1 heterocycles. The number of nitrogens with one attached hydrogen (secondary N) is 1. The van der Waals surface area contributed by atoms with E-state index in [-0.39, 0.29) is 24.5 Å². The number of likely N-dealkylation sites (N-methyl/N-ethyl adjacent to an activating group) is 1. The molecule has 1 unspecified atom stereocenters. The lowest BCUT2D eigenvalue weighted by Crippen LogP contribution is -2.20. The molecule has 2 amide bonds. The van der Waals surface area contributed by atoms with E-state index in [9.17, 15) is 9.59 Å². The molecule has 1 atom stereocenters. The van der Waals surface area contributed by atoms with Gasteiger partial charge >= 0.3 is 6.09 Å². The van der Waals surface area contributed by atoms with Crippen molar-refractivity contribution in [2.45, 2.75) is 32.8 Å². The van der Waals surface area contributed by atoms with E-state index in [0.717, 1.165) is 11.1 Å². The van der Waals surface area contributed by atoms with Crippen LogP contribution in [0.5, 0.6) is 0 Å². The van der Waals surface area contributed by atoms with Gasteiger partial charge in [-0.15, -0.1) is 0 Å². The SMILES string of the molecule is Cc1cc(C)c(NC(=O)CCC2CN(C)C(=O)O2)c(Cl)c1. The second-order valence-corrected chi connectivity index (χ2v) is 5.82. The molecule has 0 saturated carbocycles. The molecule has 1 aromatic carbocycles. The molecule has 2 rings (SSSR count). The van der Waals surface area contributed by atoms with Crippen molar-refractivity contribution in [3.8, 4) is 0 Å². The van der Waals surface area contributed by atoms with Gasteiger partial charge in [-0.2, -0.15) is 0 Å². The molecule has 0 aromatic heterocycles. The fraction of sp³-hybridized carbons (Fsp3) is 0.467. The lowest BCUT2D eigenvalue weighted by molar-refractivity contribution is -0.116. The first-order chi connectivity index (χ1) is 9.86. The Morgan fingerprint density at radius 3 is 2.76 bits per heavy atom. The first-order valence-corrected chi connectivity index (χ1v) is 7.23. The van der Waals surface area contributed by atoms with Crippen LogP contribution in [0.2, 0.25) is 5.02 Å². The number of halogens is 1. The number of carbonyl (C=O) groups is 2. The van der Waals surface area contributed by atoms with Gasteiger partial charge < -0.3 is 15.0 Å². The Balaban J connectivity index is 1.89. The normalized spacial score (nSPS) is 17.8. The van der Waals surface area contributed by atoms with Crippen LogP contribution in [-0.2, 0) is 9.53 Å². The molecule has 114 valence electrons. The summed E-state index contributed by atoms with van der Waals surface area (Å²) >= 11 is 6.15. The molecule has 1 aromatic rings. The highest BCUT2D eigenvalue weighted by Crippen LogP contribution is 2.27. The van der Waals surface area contributed by atoms with E-state index < -0.39 is 0 Å². The van der Waals surface area contributed by atoms with Crippen molar-refractivity contribution in [3.05, 3.63) is 28.3 Å². The molecule has 6 heteroatoms. The van der Waals surface area contributed by atoms with Crippen LogP contribution < -0.4 is 5.32 Å². The first-order valence-electron chi connectivity index (χ1n) is 6.85. The molecule has 1 aliphatic rings. The number of anilines is 1. The highest BCUT2D eigenvalue weighted by atomic mass is 35.5. The zero-order valence-corrected chi connectivity index (χ0v) is 13.2. The highest BCUT2D eigenvalue weighted by molar-refractivity contribution is 6.34. The number of benzene rings is 1. The summed E-state index contributed by atoms with van der Waals surface area (Å²) < 4.78 is 5.12. The average Bonchev–Trinajstić information content (AvgIpc) is 2.71. The predicted molar refractivity (Wildman–Crippen MR) is 81.7 cm³/mol. The Kier molecular flexibility index (Phi) is 4.73. The van der Waals surface area contributed by atoms with Gasteiger partial charge in [-0.25, -0.2) is 4.79 Å². The van der Waals surface area contributed by atoms with Gasteiger partial charge in [0.2, 0.25) is 5.91 Å². The van der Waals surface area contributed by atoms with Gasteiger partial charge in [0, 0.05) is 13.5 Å². The van der Waals surface area contributed by atoms with Crippen LogP contribution in [0.3, 0.4) is 0 Å². The molecule has 1 fully saturated rings. The number of hydrogen-bond donors (Lipinski definition) is 1. The summed E-state index contributed by atoms with van der Waals surface area (Å²) in [7, 11) is 1.68. The largest absolute Gasteiger partial charge is 0.444 e. The van der Waals surface area contributed by atoms with E-state index in [0.29, 0.717) is 23.7 Å². The van der Waals surface area contributed by atoms with Gasteiger partial charge in [-0.05, 0) is 37.5 Å². The second-order valence-electron chi connectivity index (χ2n) is 5.41. The fourth-order valence-corrected chi connectivity index (χ4v) is 2.74. The Hall–Kier alpha value is -1.75. The molecule has 0 radical (unpaired) electrons. The Morgan fingerprint density at radius 2 is 2.19 bits per heavy atom. The number of amides is 2. The molecule has 0 bridgehead atoms. The third kappa shape index (κ3) is 3.88. The molecule has 5 nitrogen and oxygen atoms in total. The topological polar surface area (TPSA) is 58.6 Å². The van der Waals surface area contributed by atoms with E-state index in [1.807, 2.05) is 26.0 Å². The maximum atomic E-state index is 12.0. The van der Waals surface area contributed by atoms with E-state index in [4.69, 9.17) is 16.3 Å². The van der Waals surface area contributed by atoms with Crippen LogP contribution in [0.25, 0.3) is 0 Å². The number of aryl methyl sites for hydroxylation is 2. The molecular formula is C15H19ClN2O3. The lowest BCUT2D eigenvalue weighted by Gasteiger charge is -2.12. The maximum Gasteiger partial charge on any atom is 0.409 e. The monoisotopic (exact) mass is 310 g/mol. The zero-order valence-electron chi connectivity index (χ0n) is 12.4. The smallest absolute Gasteiger partial charge is 0.409 e. The molecular weight excluding hydrogens is 292 g/mol. The van der Waals surface area contributed by atoms with Crippen molar-refractivity contribution in [1.29, 1.82) is 0 Å². The van der Waals surface area contributed by atoms with E-state index >= 15 is 0 Å². The summed E-state index contributed by atoms with van der Waals surface area (Å²) in [6.07, 6.45) is 0.237. The quantitative estimate of drug-likeness (QED) is 0.929. The summed E-state index contributed by atoms with van der Waals surface area (Å²) in [4.78, 5) is 24.7. The molecule has 1 aliphatic heterocycles. The fourth-order valence-electron chi connectivity index (χ4n) is 2.37. The van der Waals surface area contributed by atoms with Crippen LogP contribution in [0.4, 0.5) is 10.5 Å². The minimum Gasteiger partial charge on any atom is -0.444 e. The van der Waals surface area contributed by atoms with Crippen molar-refractivity contribution < 1.29 is 14.3 Å². The van der Waals surface area contributed by atoms with Gasteiger partial charge in [-0.3, -0.25) is 4.79 Å². The summed E-state index contributed by atoms with van der Waals surface area (Å²) in [6.45, 7) is 4.38. The van der Waals surface area contributed by atoms with Gasteiger partial charge in [0.05, 0.1) is 17.3 Å². The zero-order chi connectivity index (χ0) is 15.6. The number of carbonyl (C=O) groups excluding carboxylic acids is 2. The van der Waals surface area contributed by atoms with Gasteiger partial charge in [0.15, 0.2) is 0 Å². The number of cyclic esters (lactones) is 1. The standard InChI is InChI=1S/C15H19ClN2O3/c1-9-6-10(2)14(12(16)7-9)17-13(19)5-4-11-8-18(3)15(20)21-11/h6-7,11H,4-5,8H2,1-3H3,(H,17,19). The van der Waals surface area contributed by atoms with Gasteiger partial charge in [0.1, 0.15) is 6.10 Å². The molecule has 1 N–H and O–H groups in total. The van der Waals surface area contributed by atoms with E-state index in [1.165, 1.54) is 4.90 Å². The van der Waals surface area contributed by atoms with E-state index in [2.05, 4.69) is 5.32 Å². The van der Waals surface area contributed by atoms with Crippen molar-refractivity contribution in [2.24, 2.45) is 0 Å². The third-order valence-corrected chi connectivity index (χ3v) is 3.74. The second kappa shape index (κ2) is 6.35. The highest BCUT2D eigenvalue weighted by Gasteiger charge is 2.28. The number of rotatable bonds is 4. The van der Waals surface area contributed by atoms with Crippen molar-refractivity contribution in [2.75, 3.05) is 18.9 Å². The summed E-state index contributed by atoms with van der Waals surface area (Å²) in [5, 5.41) is 3.36. The lowest BCUT2D eigenvalue weighted by atomic mass is 10.1. The minimum absolute atomic E-state index is 0.130. The van der Waals surface area contributed by atoms with Crippen LogP contribution in [-0.4, -0.2) is 36.6 Å². The van der Waals surface area contributed by atoms with Crippen molar-refractivity contribution >= 4 is 29.3 Å². The van der Waals surface area contributed by atoms with E-state index in [1.54, 1.807) is 7.05 Å². The Morgan fingerprint density at radius 1 is 1.48 bits per heavy atom. The summed E-state index contributed by atoms with van der Waals surface area (Å²) in [5.74, 6) is -0.130. The Bertz CT molecular complexity index is 551. The maximum absolute atomic E-state index is 12.0. The molecule has 0 spiro atoms. The third-order valence-electron chi connectivity index (χ3n) is 3.45. The average molecular weight is 311 g/mol. The van der Waals surface area contributed by atoms with Crippen LogP contribution in [0, 0.1) is 13.8 Å². The first kappa shape index (κ1) is 15.6. The van der Waals surface area contributed by atoms with Gasteiger partial charge in [0.25, 0.3) is 0 Å². The van der Waals surface area contributed by atoms with Crippen molar-refractivity contribution in [1.82, 2.24) is 4.90 Å². The summed E-state index contributed by atoms with van der Waals surface area (Å²) in [5.41, 5.74) is 2.63. The number of hydrogen-bond acceptors (Lipinski definition) is 3. The Labute approximate surface area is 129 Å². The van der Waals surface area contributed by atoms with Crippen molar-refractivity contribution in [3.63, 3.8) is 0 Å².